The van der Waals surface area contributed by atoms with E-state index >= 15 is 0 Å². The molecule has 72 valence electrons. The van der Waals surface area contributed by atoms with Crippen molar-refractivity contribution < 1.29 is 0 Å². The fraction of sp³-hybridized carbons (Fsp3) is 0.182. The molecule has 2 nitrogen and oxygen atoms in total. The molecule has 0 aliphatic carbocycles. The zero-order chi connectivity index (χ0) is 9.97. The first-order valence-electron chi connectivity index (χ1n) is 4.49. The summed E-state index contributed by atoms with van der Waals surface area (Å²) in [5.41, 5.74) is 1.25. The number of hydrogen-bond donors (Lipinski definition) is 0. The number of aryl methyl sites for hydroxylation is 1. The predicted molar refractivity (Wildman–Crippen MR) is 57.5 cm³/mol. The van der Waals surface area contributed by atoms with Crippen molar-refractivity contribution in [3.63, 3.8) is 0 Å². The topological polar surface area (TPSA) is 17.8 Å². The zero-order valence-electron chi connectivity index (χ0n) is 7.94. The Hall–Kier alpha value is -1.28. The van der Waals surface area contributed by atoms with Crippen LogP contribution in [0.25, 0.3) is 0 Å². The van der Waals surface area contributed by atoms with Crippen molar-refractivity contribution >= 4 is 11.6 Å². The van der Waals surface area contributed by atoms with Crippen molar-refractivity contribution in [1.82, 2.24) is 9.55 Å². The van der Waals surface area contributed by atoms with E-state index < -0.39 is 0 Å². The third kappa shape index (κ3) is 1.96. The van der Waals surface area contributed by atoms with E-state index in [9.17, 15) is 0 Å². The van der Waals surface area contributed by atoms with Gasteiger partial charge in [0.1, 0.15) is 11.0 Å². The summed E-state index contributed by atoms with van der Waals surface area (Å²) in [6.45, 7) is 2.78. The molecule has 1 aromatic heterocycles. The van der Waals surface area contributed by atoms with Crippen molar-refractivity contribution in [2.45, 2.75) is 13.5 Å². The number of nitrogens with zero attached hydrogens (tertiary/aromatic N) is 2. The summed E-state index contributed by atoms with van der Waals surface area (Å²) in [5.74, 6) is 0.943. The first-order valence-corrected chi connectivity index (χ1v) is 4.87. The van der Waals surface area contributed by atoms with E-state index in [0.29, 0.717) is 5.15 Å². The van der Waals surface area contributed by atoms with Gasteiger partial charge in [0.05, 0.1) is 0 Å². The molecule has 0 N–H and O–H groups in total. The Bertz CT molecular complexity index is 420. The maximum absolute atomic E-state index is 5.80. The number of rotatable bonds is 2. The van der Waals surface area contributed by atoms with Crippen LogP contribution >= 0.6 is 11.6 Å². The molecule has 0 aliphatic heterocycles. The molecule has 0 atom stereocenters. The smallest absolute Gasteiger partial charge is 0.147 e. The predicted octanol–water partition coefficient (Wildman–Crippen LogP) is 2.89. The summed E-state index contributed by atoms with van der Waals surface area (Å²) in [7, 11) is 0. The van der Waals surface area contributed by atoms with Gasteiger partial charge in [-0.3, -0.25) is 0 Å². The summed E-state index contributed by atoms with van der Waals surface area (Å²) in [6, 6.07) is 10.3. The Morgan fingerprint density at radius 3 is 2.57 bits per heavy atom. The van der Waals surface area contributed by atoms with Crippen LogP contribution in [-0.4, -0.2) is 9.55 Å². The van der Waals surface area contributed by atoms with Crippen molar-refractivity contribution in [2.75, 3.05) is 0 Å². The molecule has 0 amide bonds. The van der Waals surface area contributed by atoms with E-state index in [4.69, 9.17) is 11.6 Å². The highest BCUT2D eigenvalue weighted by Crippen LogP contribution is 2.10. The lowest BCUT2D eigenvalue weighted by atomic mass is 10.2. The van der Waals surface area contributed by atoms with Gasteiger partial charge < -0.3 is 4.57 Å². The molecular formula is C11H11ClN2. The molecule has 0 aliphatic rings. The van der Waals surface area contributed by atoms with Crippen LogP contribution in [0.1, 0.15) is 11.4 Å². The van der Waals surface area contributed by atoms with Crippen LogP contribution in [0.15, 0.2) is 36.5 Å². The summed E-state index contributed by atoms with van der Waals surface area (Å²) >= 11 is 5.80. The second-order valence-corrected chi connectivity index (χ2v) is 3.61. The lowest BCUT2D eigenvalue weighted by Gasteiger charge is -2.03. The van der Waals surface area contributed by atoms with Crippen LogP contribution in [0.3, 0.4) is 0 Å². The van der Waals surface area contributed by atoms with E-state index in [2.05, 4.69) is 17.1 Å². The first-order chi connectivity index (χ1) is 6.75. The van der Waals surface area contributed by atoms with Crippen molar-refractivity contribution in [1.29, 1.82) is 0 Å². The second-order valence-electron chi connectivity index (χ2n) is 3.22. The van der Waals surface area contributed by atoms with E-state index in [1.165, 1.54) is 5.56 Å². The molecule has 2 aromatic rings. The van der Waals surface area contributed by atoms with Crippen LogP contribution in [0.4, 0.5) is 0 Å². The lowest BCUT2D eigenvalue weighted by Crippen LogP contribution is -1.99. The summed E-state index contributed by atoms with van der Waals surface area (Å²) in [4.78, 5) is 4.14. The van der Waals surface area contributed by atoms with Gasteiger partial charge in [0.2, 0.25) is 0 Å². The molecule has 3 heteroatoms. The molecule has 1 aromatic carbocycles. The van der Waals surface area contributed by atoms with Gasteiger partial charge in [-0.2, -0.15) is 0 Å². The standard InChI is InChI=1S/C11H11ClN2/c1-9-13-11(12)8-14(9)7-10-5-3-2-4-6-10/h2-6,8H,7H2,1H3. The zero-order valence-corrected chi connectivity index (χ0v) is 8.70. The van der Waals surface area contributed by atoms with E-state index in [0.717, 1.165) is 12.4 Å². The summed E-state index contributed by atoms with van der Waals surface area (Å²) < 4.78 is 2.04. The normalized spacial score (nSPS) is 10.4. The third-order valence-electron chi connectivity index (χ3n) is 2.14. The van der Waals surface area contributed by atoms with Gasteiger partial charge >= 0.3 is 0 Å². The van der Waals surface area contributed by atoms with Crippen LogP contribution in [-0.2, 0) is 6.54 Å². The SMILES string of the molecule is Cc1nc(Cl)cn1Cc1ccccc1. The van der Waals surface area contributed by atoms with Crippen molar-refractivity contribution in [3.05, 3.63) is 53.1 Å². The van der Waals surface area contributed by atoms with E-state index in [1.807, 2.05) is 35.9 Å². The minimum atomic E-state index is 0.554. The number of aromatic nitrogens is 2. The molecular weight excluding hydrogens is 196 g/mol. The lowest BCUT2D eigenvalue weighted by molar-refractivity contribution is 0.762. The Morgan fingerprint density at radius 2 is 2.00 bits per heavy atom. The molecule has 0 radical (unpaired) electrons. The molecule has 1 heterocycles. The second kappa shape index (κ2) is 3.84. The average molecular weight is 207 g/mol. The fourth-order valence-electron chi connectivity index (χ4n) is 1.41. The Labute approximate surface area is 88.2 Å². The highest BCUT2D eigenvalue weighted by molar-refractivity contribution is 6.29. The number of imidazole rings is 1. The van der Waals surface area contributed by atoms with Crippen LogP contribution in [0.2, 0.25) is 5.15 Å². The number of halogens is 1. The third-order valence-corrected chi connectivity index (χ3v) is 2.32. The molecule has 2 rings (SSSR count). The van der Waals surface area contributed by atoms with Crippen LogP contribution < -0.4 is 0 Å². The fourth-order valence-corrected chi connectivity index (χ4v) is 1.65. The van der Waals surface area contributed by atoms with Gasteiger partial charge in [-0.15, -0.1) is 0 Å². The van der Waals surface area contributed by atoms with Crippen LogP contribution in [0, 0.1) is 6.92 Å². The van der Waals surface area contributed by atoms with E-state index in [1.54, 1.807) is 0 Å². The molecule has 0 saturated carbocycles. The molecule has 0 bridgehead atoms. The maximum Gasteiger partial charge on any atom is 0.147 e. The Kier molecular flexibility index (Phi) is 2.55. The minimum absolute atomic E-state index is 0.554. The molecule has 0 spiro atoms. The summed E-state index contributed by atoms with van der Waals surface area (Å²) in [5, 5.41) is 0.554. The molecule has 0 fully saturated rings. The number of benzene rings is 1. The highest BCUT2D eigenvalue weighted by Gasteiger charge is 2.01. The quantitative estimate of drug-likeness (QED) is 0.739. The minimum Gasteiger partial charge on any atom is -0.329 e. The summed E-state index contributed by atoms with van der Waals surface area (Å²) in [6.07, 6.45) is 1.85. The number of hydrogen-bond acceptors (Lipinski definition) is 1. The average Bonchev–Trinajstić information content (AvgIpc) is 2.47. The van der Waals surface area contributed by atoms with Gasteiger partial charge in [-0.1, -0.05) is 41.9 Å². The molecule has 0 saturated heterocycles. The first kappa shape index (κ1) is 9.28. The van der Waals surface area contributed by atoms with Crippen LogP contribution in [0.5, 0.6) is 0 Å². The van der Waals surface area contributed by atoms with Crippen molar-refractivity contribution in [3.8, 4) is 0 Å². The van der Waals surface area contributed by atoms with E-state index in [-0.39, 0.29) is 0 Å². The molecule has 14 heavy (non-hydrogen) atoms. The Morgan fingerprint density at radius 1 is 1.29 bits per heavy atom. The largest absolute Gasteiger partial charge is 0.329 e. The van der Waals surface area contributed by atoms with Gasteiger partial charge in [0.25, 0.3) is 0 Å². The van der Waals surface area contributed by atoms with Gasteiger partial charge in [0.15, 0.2) is 0 Å². The Balaban J connectivity index is 2.23. The monoisotopic (exact) mass is 206 g/mol. The van der Waals surface area contributed by atoms with Gasteiger partial charge in [0, 0.05) is 12.7 Å². The molecule has 0 unspecified atom stereocenters. The maximum atomic E-state index is 5.80. The van der Waals surface area contributed by atoms with Gasteiger partial charge in [-0.05, 0) is 12.5 Å². The van der Waals surface area contributed by atoms with Gasteiger partial charge in [-0.25, -0.2) is 4.98 Å². The highest BCUT2D eigenvalue weighted by atomic mass is 35.5. The van der Waals surface area contributed by atoms with Crippen molar-refractivity contribution in [2.24, 2.45) is 0 Å².